The molecule has 0 bridgehead atoms. The van der Waals surface area contributed by atoms with Crippen LogP contribution < -0.4 is 5.32 Å². The van der Waals surface area contributed by atoms with Gasteiger partial charge in [0.2, 0.25) is 0 Å². The lowest BCUT2D eigenvalue weighted by Gasteiger charge is -2.14. The van der Waals surface area contributed by atoms with Crippen molar-refractivity contribution >= 4 is 23.6 Å². The standard InChI is InChI=1S/C18H16N2O5/c21-17(11-8-13-6-9-15(10-7-13)20(24)25)16(19-18(22)23)12-14-4-2-1-3-5-14/h1-11,16,19H,12H2,(H,22,23)/b11-8+/t16-/m0/s1. The predicted octanol–water partition coefficient (Wildman–Crippen LogP) is 3.06. The summed E-state index contributed by atoms with van der Waals surface area (Å²) >= 11 is 0. The Morgan fingerprint density at radius 1 is 1.12 bits per heavy atom. The first-order chi connectivity index (χ1) is 12.0. The van der Waals surface area contributed by atoms with E-state index in [1.54, 1.807) is 0 Å². The molecular formula is C18H16N2O5. The van der Waals surface area contributed by atoms with Crippen LogP contribution in [-0.4, -0.2) is 27.9 Å². The Morgan fingerprint density at radius 3 is 2.32 bits per heavy atom. The molecule has 0 aliphatic carbocycles. The van der Waals surface area contributed by atoms with Crippen molar-refractivity contribution in [1.82, 2.24) is 5.32 Å². The Bertz CT molecular complexity index is 785. The van der Waals surface area contributed by atoms with Gasteiger partial charge in [0.1, 0.15) is 0 Å². The molecule has 0 aliphatic heterocycles. The first kappa shape index (κ1) is 17.9. The van der Waals surface area contributed by atoms with E-state index >= 15 is 0 Å². The Kier molecular flexibility index (Phi) is 6.00. The lowest BCUT2D eigenvalue weighted by atomic mass is 10.0. The van der Waals surface area contributed by atoms with E-state index in [9.17, 15) is 19.7 Å². The molecule has 1 amide bonds. The van der Waals surface area contributed by atoms with Gasteiger partial charge in [-0.05, 0) is 29.3 Å². The summed E-state index contributed by atoms with van der Waals surface area (Å²) in [7, 11) is 0. The second-order valence-electron chi connectivity index (χ2n) is 5.28. The minimum atomic E-state index is -1.28. The monoisotopic (exact) mass is 340 g/mol. The summed E-state index contributed by atoms with van der Waals surface area (Å²) in [6.45, 7) is 0. The molecule has 2 aromatic carbocycles. The fraction of sp³-hybridized carbons (Fsp3) is 0.111. The second-order valence-corrected chi connectivity index (χ2v) is 5.28. The lowest BCUT2D eigenvalue weighted by molar-refractivity contribution is -0.384. The number of amides is 1. The normalized spacial score (nSPS) is 11.8. The van der Waals surface area contributed by atoms with Crippen molar-refractivity contribution in [1.29, 1.82) is 0 Å². The van der Waals surface area contributed by atoms with Gasteiger partial charge in [0.15, 0.2) is 5.78 Å². The zero-order chi connectivity index (χ0) is 18.2. The maximum absolute atomic E-state index is 12.3. The Labute approximate surface area is 143 Å². The molecule has 2 aromatic rings. The average molecular weight is 340 g/mol. The molecule has 2 rings (SSSR count). The van der Waals surface area contributed by atoms with Crippen LogP contribution in [0.4, 0.5) is 10.5 Å². The molecule has 128 valence electrons. The van der Waals surface area contributed by atoms with Gasteiger partial charge in [-0.2, -0.15) is 0 Å². The second kappa shape index (κ2) is 8.39. The number of nitro groups is 1. The van der Waals surface area contributed by atoms with Gasteiger partial charge in [0.05, 0.1) is 11.0 Å². The zero-order valence-electron chi connectivity index (χ0n) is 13.2. The van der Waals surface area contributed by atoms with Gasteiger partial charge in [-0.25, -0.2) is 4.79 Å². The number of carbonyl (C=O) groups excluding carboxylic acids is 1. The van der Waals surface area contributed by atoms with E-state index in [4.69, 9.17) is 5.11 Å². The zero-order valence-corrected chi connectivity index (χ0v) is 13.2. The summed E-state index contributed by atoms with van der Waals surface area (Å²) in [5.74, 6) is -0.399. The van der Waals surface area contributed by atoms with Crippen LogP contribution >= 0.6 is 0 Å². The molecule has 0 unspecified atom stereocenters. The van der Waals surface area contributed by atoms with Crippen LogP contribution in [-0.2, 0) is 11.2 Å². The predicted molar refractivity (Wildman–Crippen MR) is 92.2 cm³/mol. The summed E-state index contributed by atoms with van der Waals surface area (Å²) in [6.07, 6.45) is 1.72. The van der Waals surface area contributed by atoms with Crippen LogP contribution in [0, 0.1) is 10.1 Å². The Hall–Kier alpha value is -3.48. The smallest absolute Gasteiger partial charge is 0.405 e. The molecule has 0 spiro atoms. The first-order valence-electron chi connectivity index (χ1n) is 7.45. The molecule has 0 saturated carbocycles. The highest BCUT2D eigenvalue weighted by Gasteiger charge is 2.18. The van der Waals surface area contributed by atoms with Gasteiger partial charge in [-0.3, -0.25) is 14.9 Å². The third-order valence-corrected chi connectivity index (χ3v) is 3.47. The highest BCUT2D eigenvalue weighted by molar-refractivity contribution is 5.99. The topological polar surface area (TPSA) is 110 Å². The van der Waals surface area contributed by atoms with Gasteiger partial charge in [-0.1, -0.05) is 36.4 Å². The van der Waals surface area contributed by atoms with Crippen LogP contribution in [0.1, 0.15) is 11.1 Å². The Balaban J connectivity index is 2.10. The highest BCUT2D eigenvalue weighted by atomic mass is 16.6. The largest absolute Gasteiger partial charge is 0.465 e. The number of rotatable bonds is 7. The summed E-state index contributed by atoms with van der Waals surface area (Å²) in [5, 5.41) is 21.8. The molecule has 0 aromatic heterocycles. The van der Waals surface area contributed by atoms with Crippen LogP contribution in [0.15, 0.2) is 60.7 Å². The number of hydrogen-bond acceptors (Lipinski definition) is 4. The van der Waals surface area contributed by atoms with E-state index in [1.807, 2.05) is 30.3 Å². The van der Waals surface area contributed by atoms with Gasteiger partial charge < -0.3 is 10.4 Å². The molecule has 2 N–H and O–H groups in total. The SMILES string of the molecule is O=C(O)N[C@@H](Cc1ccccc1)C(=O)/C=C/c1ccc([N+](=O)[O-])cc1. The Morgan fingerprint density at radius 2 is 1.76 bits per heavy atom. The third-order valence-electron chi connectivity index (χ3n) is 3.47. The van der Waals surface area contributed by atoms with Crippen LogP contribution in [0.3, 0.4) is 0 Å². The first-order valence-corrected chi connectivity index (χ1v) is 7.45. The van der Waals surface area contributed by atoms with E-state index in [0.29, 0.717) is 5.56 Å². The molecule has 0 fully saturated rings. The molecule has 0 aliphatic rings. The van der Waals surface area contributed by atoms with Gasteiger partial charge in [-0.15, -0.1) is 0 Å². The average Bonchev–Trinajstić information content (AvgIpc) is 2.60. The molecule has 7 heteroatoms. The molecule has 1 atom stereocenters. The number of benzene rings is 2. The summed E-state index contributed by atoms with van der Waals surface area (Å²) in [5.41, 5.74) is 1.39. The van der Waals surface area contributed by atoms with Crippen molar-refractivity contribution in [3.63, 3.8) is 0 Å². The van der Waals surface area contributed by atoms with Crippen LogP contribution in [0.2, 0.25) is 0 Å². The molecular weight excluding hydrogens is 324 g/mol. The number of ketones is 1. The molecule has 25 heavy (non-hydrogen) atoms. The number of carboxylic acid groups (broad SMARTS) is 1. The fourth-order valence-electron chi connectivity index (χ4n) is 2.22. The molecule has 0 heterocycles. The van der Waals surface area contributed by atoms with E-state index in [-0.39, 0.29) is 12.1 Å². The third kappa shape index (κ3) is 5.58. The van der Waals surface area contributed by atoms with Crippen molar-refractivity contribution in [2.45, 2.75) is 12.5 Å². The summed E-state index contributed by atoms with van der Waals surface area (Å²) < 4.78 is 0. The minimum absolute atomic E-state index is 0.0435. The number of carbonyl (C=O) groups is 2. The number of hydrogen-bond donors (Lipinski definition) is 2. The van der Waals surface area contributed by atoms with Crippen LogP contribution in [0.25, 0.3) is 6.08 Å². The number of nitrogens with zero attached hydrogens (tertiary/aromatic N) is 1. The number of nitro benzene ring substituents is 1. The lowest BCUT2D eigenvalue weighted by Crippen LogP contribution is -2.40. The molecule has 0 radical (unpaired) electrons. The van der Waals surface area contributed by atoms with Crippen LogP contribution in [0.5, 0.6) is 0 Å². The van der Waals surface area contributed by atoms with E-state index < -0.39 is 22.8 Å². The molecule has 0 saturated heterocycles. The van der Waals surface area contributed by atoms with E-state index in [1.165, 1.54) is 36.4 Å². The van der Waals surface area contributed by atoms with Crippen molar-refractivity contribution < 1.29 is 19.6 Å². The van der Waals surface area contributed by atoms with Crippen molar-refractivity contribution in [2.75, 3.05) is 0 Å². The summed E-state index contributed by atoms with van der Waals surface area (Å²) in [4.78, 5) is 33.3. The van der Waals surface area contributed by atoms with Gasteiger partial charge >= 0.3 is 6.09 Å². The van der Waals surface area contributed by atoms with Crippen molar-refractivity contribution in [3.8, 4) is 0 Å². The van der Waals surface area contributed by atoms with Crippen molar-refractivity contribution in [3.05, 3.63) is 81.9 Å². The highest BCUT2D eigenvalue weighted by Crippen LogP contribution is 2.13. The quantitative estimate of drug-likeness (QED) is 0.457. The van der Waals surface area contributed by atoms with Crippen molar-refractivity contribution in [2.24, 2.45) is 0 Å². The summed E-state index contributed by atoms with van der Waals surface area (Å²) in [6, 6.07) is 13.9. The maximum atomic E-state index is 12.3. The van der Waals surface area contributed by atoms with E-state index in [0.717, 1.165) is 5.56 Å². The van der Waals surface area contributed by atoms with E-state index in [2.05, 4.69) is 5.32 Å². The fourth-order valence-corrected chi connectivity index (χ4v) is 2.22. The number of nitrogens with one attached hydrogen (secondary N) is 1. The maximum Gasteiger partial charge on any atom is 0.405 e. The number of non-ortho nitro benzene ring substituents is 1. The van der Waals surface area contributed by atoms with Gasteiger partial charge in [0, 0.05) is 18.6 Å². The van der Waals surface area contributed by atoms with Gasteiger partial charge in [0.25, 0.3) is 5.69 Å². The molecule has 7 nitrogen and oxygen atoms in total. The minimum Gasteiger partial charge on any atom is -0.465 e.